The van der Waals surface area contributed by atoms with Gasteiger partial charge in [0.2, 0.25) is 0 Å². The Balaban J connectivity index is 2.03. The van der Waals surface area contributed by atoms with E-state index in [4.69, 9.17) is 9.47 Å². The predicted molar refractivity (Wildman–Crippen MR) is 140 cm³/mol. The molecule has 0 spiro atoms. The number of methoxy groups -OCH3 is 1. The van der Waals surface area contributed by atoms with Crippen molar-refractivity contribution in [3.8, 4) is 28.1 Å². The third-order valence-corrected chi connectivity index (χ3v) is 5.91. The van der Waals surface area contributed by atoms with Gasteiger partial charge in [-0.15, -0.1) is 9.73 Å². The summed E-state index contributed by atoms with van der Waals surface area (Å²) in [5.74, 6) is -2.23. The summed E-state index contributed by atoms with van der Waals surface area (Å²) in [5, 5.41) is 18.5. The van der Waals surface area contributed by atoms with E-state index in [1.54, 1.807) is 39.8 Å². The zero-order valence-electron chi connectivity index (χ0n) is 22.3. The molecule has 202 valence electrons. The molecule has 0 saturated carbocycles. The van der Waals surface area contributed by atoms with Gasteiger partial charge in [0, 0.05) is 18.2 Å². The Morgan fingerprint density at radius 3 is 2.31 bits per heavy atom. The number of halogens is 1. The van der Waals surface area contributed by atoms with Gasteiger partial charge in [0.1, 0.15) is 33.9 Å². The molecule has 0 aliphatic rings. The topological polar surface area (TPSA) is 123 Å². The molecule has 0 radical (unpaired) electrons. The Bertz CT molecular complexity index is 1610. The summed E-state index contributed by atoms with van der Waals surface area (Å²) < 4.78 is 25.6. The van der Waals surface area contributed by atoms with Crippen LogP contribution in [0, 0.1) is 12.7 Å². The number of imide groups is 1. The Morgan fingerprint density at radius 1 is 1.05 bits per heavy atom. The SMILES string of the molecule is COc1cc(C)c(-c2ccnn3nc(-c4ccc(F)cc4)c(C(=O)N(C)C(=O)OC(C)(C)C)c23)cc1C(=O)O. The lowest BCUT2D eigenvalue weighted by Gasteiger charge is -2.23. The Kier molecular flexibility index (Phi) is 7.10. The first-order valence-corrected chi connectivity index (χ1v) is 11.9. The van der Waals surface area contributed by atoms with Crippen molar-refractivity contribution in [1.29, 1.82) is 0 Å². The standard InChI is InChI=1S/C28H27FN4O6/c1-15-13-21(38-6)20(26(35)36)14-19(15)18-11-12-30-33-24(18)22(23(31-33)16-7-9-17(29)10-8-16)25(34)32(5)27(37)39-28(2,3)4/h7-14H,1-6H3,(H,35,36). The molecule has 0 fully saturated rings. The van der Waals surface area contributed by atoms with Crippen LogP contribution in [0.25, 0.3) is 27.9 Å². The summed E-state index contributed by atoms with van der Waals surface area (Å²) in [6.45, 7) is 6.80. The number of carbonyl (C=O) groups excluding carboxylic acids is 2. The molecule has 0 aliphatic heterocycles. The third-order valence-electron chi connectivity index (χ3n) is 5.91. The molecule has 4 aromatic rings. The second-order valence-corrected chi connectivity index (χ2v) is 9.83. The molecular formula is C28H27FN4O6. The quantitative estimate of drug-likeness (QED) is 0.369. The minimum Gasteiger partial charge on any atom is -0.496 e. The number of rotatable bonds is 5. The third kappa shape index (κ3) is 5.28. The molecule has 0 saturated heterocycles. The van der Waals surface area contributed by atoms with Gasteiger partial charge in [-0.2, -0.15) is 5.10 Å². The lowest BCUT2D eigenvalue weighted by atomic mass is 9.95. The van der Waals surface area contributed by atoms with Gasteiger partial charge in [-0.05, 0) is 81.3 Å². The van der Waals surface area contributed by atoms with Crippen LogP contribution in [0.4, 0.5) is 9.18 Å². The fourth-order valence-corrected chi connectivity index (χ4v) is 4.10. The predicted octanol–water partition coefficient (Wildman–Crippen LogP) is 5.22. The summed E-state index contributed by atoms with van der Waals surface area (Å²) in [6.07, 6.45) is 0.579. The van der Waals surface area contributed by atoms with E-state index in [1.807, 2.05) is 0 Å². The van der Waals surface area contributed by atoms with Gasteiger partial charge in [0.25, 0.3) is 5.91 Å². The highest BCUT2D eigenvalue weighted by molar-refractivity contribution is 6.13. The highest BCUT2D eigenvalue weighted by Crippen LogP contribution is 2.37. The van der Waals surface area contributed by atoms with E-state index >= 15 is 0 Å². The maximum Gasteiger partial charge on any atom is 0.417 e. The van der Waals surface area contributed by atoms with Gasteiger partial charge >= 0.3 is 12.1 Å². The molecule has 2 aromatic carbocycles. The van der Waals surface area contributed by atoms with Gasteiger partial charge < -0.3 is 14.6 Å². The lowest BCUT2D eigenvalue weighted by Crippen LogP contribution is -2.38. The zero-order chi connectivity index (χ0) is 28.6. The van der Waals surface area contributed by atoms with Gasteiger partial charge in [-0.25, -0.2) is 18.9 Å². The van der Waals surface area contributed by atoms with E-state index in [0.29, 0.717) is 22.3 Å². The van der Waals surface area contributed by atoms with Gasteiger partial charge in [0.15, 0.2) is 0 Å². The number of hydrogen-bond donors (Lipinski definition) is 1. The number of aromatic carboxylic acids is 1. The number of carbonyl (C=O) groups is 3. The van der Waals surface area contributed by atoms with Crippen molar-refractivity contribution in [3.05, 3.63) is 71.2 Å². The van der Waals surface area contributed by atoms with E-state index in [0.717, 1.165) is 4.90 Å². The number of carboxylic acids is 1. The molecular weight excluding hydrogens is 507 g/mol. The minimum atomic E-state index is -1.19. The highest BCUT2D eigenvalue weighted by Gasteiger charge is 2.32. The molecule has 1 N–H and O–H groups in total. The molecule has 4 rings (SSSR count). The first-order chi connectivity index (χ1) is 18.3. The maximum atomic E-state index is 13.9. The van der Waals surface area contributed by atoms with Crippen molar-refractivity contribution >= 4 is 23.5 Å². The van der Waals surface area contributed by atoms with Crippen LogP contribution < -0.4 is 4.74 Å². The summed E-state index contributed by atoms with van der Waals surface area (Å²) in [4.78, 5) is 39.5. The van der Waals surface area contributed by atoms with Crippen LogP contribution in [0.1, 0.15) is 47.1 Å². The van der Waals surface area contributed by atoms with E-state index in [2.05, 4.69) is 10.2 Å². The number of fused-ring (bicyclic) bond motifs is 1. The molecule has 0 unspecified atom stereocenters. The minimum absolute atomic E-state index is 0.00478. The number of ether oxygens (including phenoxy) is 2. The first kappa shape index (κ1) is 27.2. The fraction of sp³-hybridized carbons (Fsp3) is 0.250. The van der Waals surface area contributed by atoms with Crippen LogP contribution in [0.15, 0.2) is 48.7 Å². The molecule has 39 heavy (non-hydrogen) atoms. The van der Waals surface area contributed by atoms with Gasteiger partial charge in [-0.3, -0.25) is 4.79 Å². The monoisotopic (exact) mass is 534 g/mol. The molecule has 10 nitrogen and oxygen atoms in total. The van der Waals surface area contributed by atoms with Crippen molar-refractivity contribution in [2.75, 3.05) is 14.2 Å². The van der Waals surface area contributed by atoms with Crippen LogP contribution in [0.3, 0.4) is 0 Å². The molecule has 2 aromatic heterocycles. The molecule has 2 amide bonds. The number of hydrogen-bond acceptors (Lipinski definition) is 7. The smallest absolute Gasteiger partial charge is 0.417 e. The second kappa shape index (κ2) is 10.2. The summed E-state index contributed by atoms with van der Waals surface area (Å²) >= 11 is 0. The average molecular weight is 535 g/mol. The van der Waals surface area contributed by atoms with Crippen molar-refractivity contribution in [2.24, 2.45) is 0 Å². The highest BCUT2D eigenvalue weighted by atomic mass is 19.1. The summed E-state index contributed by atoms with van der Waals surface area (Å²) in [7, 11) is 2.66. The van der Waals surface area contributed by atoms with Crippen molar-refractivity contribution in [3.63, 3.8) is 0 Å². The van der Waals surface area contributed by atoms with Gasteiger partial charge in [-0.1, -0.05) is 0 Å². The Hall–Kier alpha value is -4.80. The molecule has 0 aliphatic carbocycles. The van der Waals surface area contributed by atoms with E-state index < -0.39 is 29.4 Å². The molecule has 2 heterocycles. The molecule has 0 atom stereocenters. The number of aromatic nitrogens is 3. The summed E-state index contributed by atoms with van der Waals surface area (Å²) in [5.41, 5.74) is 1.44. The zero-order valence-corrected chi connectivity index (χ0v) is 22.3. The first-order valence-electron chi connectivity index (χ1n) is 11.9. The molecule has 0 bridgehead atoms. The average Bonchev–Trinajstić information content (AvgIpc) is 3.26. The van der Waals surface area contributed by atoms with E-state index in [-0.39, 0.29) is 28.1 Å². The van der Waals surface area contributed by atoms with Crippen molar-refractivity contribution < 1.29 is 33.4 Å². The lowest BCUT2D eigenvalue weighted by molar-refractivity contribution is 0.0285. The van der Waals surface area contributed by atoms with Crippen LogP contribution in [-0.4, -0.2) is 62.6 Å². The Labute approximate surface area is 223 Å². The van der Waals surface area contributed by atoms with Crippen LogP contribution in [0.2, 0.25) is 0 Å². The van der Waals surface area contributed by atoms with E-state index in [1.165, 1.54) is 55.3 Å². The molecule has 11 heteroatoms. The Morgan fingerprint density at radius 2 is 1.72 bits per heavy atom. The largest absolute Gasteiger partial charge is 0.496 e. The number of nitrogens with zero attached hydrogens (tertiary/aromatic N) is 4. The van der Waals surface area contributed by atoms with E-state index in [9.17, 15) is 23.9 Å². The number of aryl methyl sites for hydroxylation is 1. The van der Waals surface area contributed by atoms with Crippen LogP contribution >= 0.6 is 0 Å². The number of amides is 2. The fourth-order valence-electron chi connectivity index (χ4n) is 4.10. The van der Waals surface area contributed by atoms with Gasteiger partial charge in [0.05, 0.1) is 18.9 Å². The van der Waals surface area contributed by atoms with Crippen LogP contribution in [0.5, 0.6) is 5.75 Å². The van der Waals surface area contributed by atoms with Crippen LogP contribution in [-0.2, 0) is 4.74 Å². The summed E-state index contributed by atoms with van der Waals surface area (Å²) in [6, 6.07) is 10.0. The second-order valence-electron chi connectivity index (χ2n) is 9.83. The van der Waals surface area contributed by atoms with Crippen molar-refractivity contribution in [2.45, 2.75) is 33.3 Å². The number of benzene rings is 2. The normalized spacial score (nSPS) is 11.4. The van der Waals surface area contributed by atoms with Crippen molar-refractivity contribution in [1.82, 2.24) is 19.7 Å². The maximum absolute atomic E-state index is 13.9. The number of carboxylic acid groups (broad SMARTS) is 1.